The second kappa shape index (κ2) is 9.92. The Bertz CT molecular complexity index is 1260. The molecular weight excluding hydrogens is 434 g/mol. The van der Waals surface area contributed by atoms with Crippen LogP contribution in [0.5, 0.6) is 5.75 Å². The van der Waals surface area contributed by atoms with Crippen molar-refractivity contribution in [3.63, 3.8) is 0 Å². The number of hydrogen-bond acceptors (Lipinski definition) is 3. The fourth-order valence-electron chi connectivity index (χ4n) is 3.59. The maximum atomic E-state index is 12.6. The van der Waals surface area contributed by atoms with Crippen LogP contribution in [0.4, 0.5) is 5.69 Å². The van der Waals surface area contributed by atoms with Crippen LogP contribution in [0.1, 0.15) is 38.2 Å². The van der Waals surface area contributed by atoms with Gasteiger partial charge in [0.2, 0.25) is 0 Å². The summed E-state index contributed by atoms with van der Waals surface area (Å²) >= 11 is 6.22. The van der Waals surface area contributed by atoms with Crippen molar-refractivity contribution in [3.05, 3.63) is 111 Å². The first kappa shape index (κ1) is 22.6. The molecule has 0 unspecified atom stereocenters. The van der Waals surface area contributed by atoms with Gasteiger partial charge in [-0.3, -0.25) is 9.48 Å². The van der Waals surface area contributed by atoms with Gasteiger partial charge in [-0.25, -0.2) is 0 Å². The summed E-state index contributed by atoms with van der Waals surface area (Å²) in [6.45, 7) is 7.07. The van der Waals surface area contributed by atoms with Crippen molar-refractivity contribution in [2.45, 2.75) is 33.9 Å². The number of carbonyl (C=O) groups is 1. The van der Waals surface area contributed by atoms with Crippen molar-refractivity contribution in [2.24, 2.45) is 0 Å². The van der Waals surface area contributed by atoms with Gasteiger partial charge >= 0.3 is 0 Å². The van der Waals surface area contributed by atoms with Crippen LogP contribution in [0, 0.1) is 20.8 Å². The molecule has 6 heteroatoms. The molecule has 0 saturated carbocycles. The smallest absolute Gasteiger partial charge is 0.255 e. The largest absolute Gasteiger partial charge is 0.489 e. The molecule has 0 radical (unpaired) electrons. The van der Waals surface area contributed by atoms with Crippen molar-refractivity contribution >= 4 is 23.2 Å². The van der Waals surface area contributed by atoms with Crippen molar-refractivity contribution in [2.75, 3.05) is 5.32 Å². The van der Waals surface area contributed by atoms with E-state index in [2.05, 4.69) is 29.5 Å². The average molecular weight is 460 g/mol. The summed E-state index contributed by atoms with van der Waals surface area (Å²) in [6.07, 6.45) is 3.50. The summed E-state index contributed by atoms with van der Waals surface area (Å²) in [5, 5.41) is 8.03. The van der Waals surface area contributed by atoms with Crippen LogP contribution in [-0.2, 0) is 13.2 Å². The fraction of sp³-hybridized carbons (Fsp3) is 0.185. The zero-order chi connectivity index (χ0) is 23.4. The first-order valence-corrected chi connectivity index (χ1v) is 11.1. The number of nitrogens with zero attached hydrogens (tertiary/aromatic N) is 2. The lowest BCUT2D eigenvalue weighted by molar-refractivity contribution is 0.102. The maximum absolute atomic E-state index is 12.6. The van der Waals surface area contributed by atoms with E-state index in [1.54, 1.807) is 18.3 Å². The molecule has 3 aromatic carbocycles. The Kier molecular flexibility index (Phi) is 6.80. The second-order valence-electron chi connectivity index (χ2n) is 8.16. The molecule has 4 aromatic rings. The summed E-state index contributed by atoms with van der Waals surface area (Å²) < 4.78 is 7.71. The number of amides is 1. The molecule has 0 bridgehead atoms. The Morgan fingerprint density at radius 1 is 1.00 bits per heavy atom. The van der Waals surface area contributed by atoms with Crippen molar-refractivity contribution < 1.29 is 9.53 Å². The first-order valence-electron chi connectivity index (χ1n) is 10.8. The molecule has 1 aromatic heterocycles. The molecule has 1 N–H and O–H groups in total. The van der Waals surface area contributed by atoms with Crippen LogP contribution in [0.3, 0.4) is 0 Å². The molecular formula is C27H26ClN3O2. The molecule has 5 nitrogen and oxygen atoms in total. The number of anilines is 1. The molecule has 168 valence electrons. The molecule has 0 saturated heterocycles. The average Bonchev–Trinajstić information content (AvgIpc) is 3.24. The number of aromatic nitrogens is 2. The van der Waals surface area contributed by atoms with E-state index in [1.807, 2.05) is 61.1 Å². The van der Waals surface area contributed by atoms with E-state index in [4.69, 9.17) is 16.3 Å². The number of nitrogens with one attached hydrogen (secondary N) is 1. The van der Waals surface area contributed by atoms with Crippen LogP contribution >= 0.6 is 11.6 Å². The zero-order valence-electron chi connectivity index (χ0n) is 18.9. The third kappa shape index (κ3) is 5.62. The minimum atomic E-state index is -0.179. The lowest BCUT2D eigenvalue weighted by Crippen LogP contribution is -2.11. The van der Waals surface area contributed by atoms with E-state index in [1.165, 1.54) is 11.1 Å². The van der Waals surface area contributed by atoms with E-state index in [0.717, 1.165) is 27.5 Å². The summed E-state index contributed by atoms with van der Waals surface area (Å²) in [4.78, 5) is 12.6. The van der Waals surface area contributed by atoms with E-state index in [-0.39, 0.29) is 5.91 Å². The Morgan fingerprint density at radius 3 is 2.39 bits per heavy atom. The van der Waals surface area contributed by atoms with Gasteiger partial charge in [-0.15, -0.1) is 0 Å². The van der Waals surface area contributed by atoms with Crippen LogP contribution in [0.15, 0.2) is 73.1 Å². The number of aryl methyl sites for hydroxylation is 3. The van der Waals surface area contributed by atoms with Gasteiger partial charge in [0.15, 0.2) is 0 Å². The summed E-state index contributed by atoms with van der Waals surface area (Å²) in [7, 11) is 0. The minimum absolute atomic E-state index is 0.179. The highest BCUT2D eigenvalue weighted by atomic mass is 35.5. The number of rotatable bonds is 7. The van der Waals surface area contributed by atoms with Crippen molar-refractivity contribution in [1.82, 2.24) is 9.78 Å². The molecule has 33 heavy (non-hydrogen) atoms. The van der Waals surface area contributed by atoms with E-state index in [9.17, 15) is 4.79 Å². The Labute approximate surface area is 199 Å². The monoisotopic (exact) mass is 459 g/mol. The third-order valence-electron chi connectivity index (χ3n) is 5.52. The highest BCUT2D eigenvalue weighted by Crippen LogP contribution is 2.26. The Balaban J connectivity index is 1.34. The number of hydrogen-bond donors (Lipinski definition) is 1. The quantitative estimate of drug-likeness (QED) is 0.350. The van der Waals surface area contributed by atoms with Crippen LogP contribution in [0.2, 0.25) is 5.02 Å². The summed E-state index contributed by atoms with van der Waals surface area (Å²) in [5.74, 6) is 0.598. The van der Waals surface area contributed by atoms with E-state index >= 15 is 0 Å². The topological polar surface area (TPSA) is 56.2 Å². The molecule has 0 atom stereocenters. The van der Waals surface area contributed by atoms with E-state index in [0.29, 0.717) is 24.4 Å². The Hall–Kier alpha value is -3.57. The van der Waals surface area contributed by atoms with Gasteiger partial charge in [0.1, 0.15) is 12.4 Å². The molecule has 4 rings (SSSR count). The number of carbonyl (C=O) groups excluding carboxylic acids is 1. The van der Waals surface area contributed by atoms with Gasteiger partial charge in [0.05, 0.1) is 18.4 Å². The fourth-order valence-corrected chi connectivity index (χ4v) is 3.70. The standard InChI is InChI=1S/C27H26ClN3O2/c1-18-6-4-5-7-23(18)15-31-16-24(14-29-31)30-27(32)22-10-8-21(9-11-22)17-33-25-12-19(2)26(28)20(3)13-25/h4-14,16H,15,17H2,1-3H3,(H,30,32). The van der Waals surface area contributed by atoms with Gasteiger partial charge < -0.3 is 10.1 Å². The highest BCUT2D eigenvalue weighted by Gasteiger charge is 2.09. The van der Waals surface area contributed by atoms with Gasteiger partial charge in [0, 0.05) is 16.8 Å². The summed E-state index contributed by atoms with van der Waals surface area (Å²) in [5.41, 5.74) is 6.59. The molecule has 0 fully saturated rings. The molecule has 0 aliphatic carbocycles. The first-order chi connectivity index (χ1) is 15.9. The molecule has 0 spiro atoms. The van der Waals surface area contributed by atoms with E-state index < -0.39 is 0 Å². The van der Waals surface area contributed by atoms with Gasteiger partial charge in [-0.1, -0.05) is 48.0 Å². The van der Waals surface area contributed by atoms with Gasteiger partial charge in [0.25, 0.3) is 5.91 Å². The van der Waals surface area contributed by atoms with Gasteiger partial charge in [-0.05, 0) is 72.9 Å². The maximum Gasteiger partial charge on any atom is 0.255 e. The minimum Gasteiger partial charge on any atom is -0.489 e. The second-order valence-corrected chi connectivity index (χ2v) is 8.54. The molecule has 0 aliphatic rings. The molecule has 0 aliphatic heterocycles. The lowest BCUT2D eigenvalue weighted by Gasteiger charge is -2.10. The highest BCUT2D eigenvalue weighted by molar-refractivity contribution is 6.32. The van der Waals surface area contributed by atoms with Crippen molar-refractivity contribution in [3.8, 4) is 5.75 Å². The zero-order valence-corrected chi connectivity index (χ0v) is 19.7. The lowest BCUT2D eigenvalue weighted by atomic mass is 10.1. The molecule has 1 amide bonds. The van der Waals surface area contributed by atoms with Crippen LogP contribution in [-0.4, -0.2) is 15.7 Å². The predicted octanol–water partition coefficient (Wildman–Crippen LogP) is 6.34. The van der Waals surface area contributed by atoms with Crippen LogP contribution in [0.25, 0.3) is 0 Å². The molecule has 1 heterocycles. The van der Waals surface area contributed by atoms with Crippen LogP contribution < -0.4 is 10.1 Å². The Morgan fingerprint density at radius 2 is 1.70 bits per heavy atom. The summed E-state index contributed by atoms with van der Waals surface area (Å²) in [6, 6.07) is 19.4. The normalized spacial score (nSPS) is 10.8. The van der Waals surface area contributed by atoms with Gasteiger partial charge in [-0.2, -0.15) is 5.10 Å². The van der Waals surface area contributed by atoms with Crippen molar-refractivity contribution in [1.29, 1.82) is 0 Å². The SMILES string of the molecule is Cc1ccccc1Cn1cc(NC(=O)c2ccc(COc3cc(C)c(Cl)c(C)c3)cc2)cn1. The third-order valence-corrected chi connectivity index (χ3v) is 6.11. The number of halogens is 1. The predicted molar refractivity (Wildman–Crippen MR) is 132 cm³/mol. The number of ether oxygens (including phenoxy) is 1. The number of benzene rings is 3.